The standard InChI is InChI=1S/C10H21NO3/c1-10(2,3-4-12)7-11-8-5-14-6-9(8)13/h8-9,11-13H,3-7H2,1-2H3. The van der Waals surface area contributed by atoms with Crippen LogP contribution in [0.25, 0.3) is 0 Å². The monoisotopic (exact) mass is 203 g/mol. The number of hydrogen-bond donors (Lipinski definition) is 3. The molecule has 1 aliphatic rings. The highest BCUT2D eigenvalue weighted by Gasteiger charge is 2.27. The molecule has 1 rings (SSSR count). The number of rotatable bonds is 5. The molecule has 1 heterocycles. The smallest absolute Gasteiger partial charge is 0.0948 e. The van der Waals surface area contributed by atoms with Crippen molar-refractivity contribution < 1.29 is 14.9 Å². The van der Waals surface area contributed by atoms with Gasteiger partial charge in [-0.15, -0.1) is 0 Å². The molecular weight excluding hydrogens is 182 g/mol. The minimum Gasteiger partial charge on any atom is -0.396 e. The van der Waals surface area contributed by atoms with Gasteiger partial charge in [0.25, 0.3) is 0 Å². The predicted molar refractivity (Wildman–Crippen MR) is 54.1 cm³/mol. The second-order valence-electron chi connectivity index (χ2n) is 4.73. The first-order valence-electron chi connectivity index (χ1n) is 5.15. The summed E-state index contributed by atoms with van der Waals surface area (Å²) >= 11 is 0. The van der Waals surface area contributed by atoms with Crippen LogP contribution >= 0.6 is 0 Å². The van der Waals surface area contributed by atoms with Gasteiger partial charge in [-0.2, -0.15) is 0 Å². The van der Waals surface area contributed by atoms with E-state index in [4.69, 9.17) is 9.84 Å². The molecule has 0 aliphatic carbocycles. The second-order valence-corrected chi connectivity index (χ2v) is 4.73. The van der Waals surface area contributed by atoms with Gasteiger partial charge in [-0.3, -0.25) is 0 Å². The summed E-state index contributed by atoms with van der Waals surface area (Å²) in [6.07, 6.45) is 0.379. The first kappa shape index (κ1) is 11.9. The van der Waals surface area contributed by atoms with Crippen LogP contribution < -0.4 is 5.32 Å². The molecule has 4 nitrogen and oxygen atoms in total. The average molecular weight is 203 g/mol. The van der Waals surface area contributed by atoms with Crippen molar-refractivity contribution in [3.8, 4) is 0 Å². The topological polar surface area (TPSA) is 61.7 Å². The molecule has 0 radical (unpaired) electrons. The van der Waals surface area contributed by atoms with Crippen LogP contribution in [0, 0.1) is 5.41 Å². The third-order valence-corrected chi connectivity index (χ3v) is 2.68. The third kappa shape index (κ3) is 3.53. The lowest BCUT2D eigenvalue weighted by Crippen LogP contribution is -2.43. The summed E-state index contributed by atoms with van der Waals surface area (Å²) in [5, 5.41) is 21.6. The molecule has 1 aliphatic heterocycles. The molecule has 0 aromatic rings. The van der Waals surface area contributed by atoms with Crippen LogP contribution in [0.1, 0.15) is 20.3 Å². The van der Waals surface area contributed by atoms with Gasteiger partial charge in [-0.1, -0.05) is 13.8 Å². The maximum atomic E-state index is 9.48. The summed E-state index contributed by atoms with van der Waals surface area (Å²) in [5.41, 5.74) is 0.0665. The van der Waals surface area contributed by atoms with Crippen molar-refractivity contribution in [3.63, 3.8) is 0 Å². The number of aliphatic hydroxyl groups excluding tert-OH is 2. The SMILES string of the molecule is CC(C)(CCO)CNC1COCC1O. The third-order valence-electron chi connectivity index (χ3n) is 2.68. The number of hydrogen-bond acceptors (Lipinski definition) is 4. The fourth-order valence-electron chi connectivity index (χ4n) is 1.54. The molecule has 0 aromatic carbocycles. The highest BCUT2D eigenvalue weighted by molar-refractivity contribution is 4.83. The first-order chi connectivity index (χ1) is 6.55. The van der Waals surface area contributed by atoms with E-state index in [-0.39, 0.29) is 24.2 Å². The normalized spacial score (nSPS) is 28.3. The van der Waals surface area contributed by atoms with Gasteiger partial charge >= 0.3 is 0 Å². The maximum Gasteiger partial charge on any atom is 0.0948 e. The lowest BCUT2D eigenvalue weighted by atomic mass is 9.89. The molecule has 2 atom stereocenters. The van der Waals surface area contributed by atoms with Crippen LogP contribution in [0.3, 0.4) is 0 Å². The van der Waals surface area contributed by atoms with Gasteiger partial charge in [0.2, 0.25) is 0 Å². The van der Waals surface area contributed by atoms with E-state index in [2.05, 4.69) is 19.2 Å². The average Bonchev–Trinajstić information content (AvgIpc) is 2.48. The molecule has 0 saturated carbocycles. The van der Waals surface area contributed by atoms with Gasteiger partial charge < -0.3 is 20.3 Å². The summed E-state index contributed by atoms with van der Waals surface area (Å²) in [6, 6.07) is 0.0490. The van der Waals surface area contributed by atoms with E-state index in [1.54, 1.807) is 0 Å². The fourth-order valence-corrected chi connectivity index (χ4v) is 1.54. The highest BCUT2D eigenvalue weighted by Crippen LogP contribution is 2.19. The molecule has 0 amide bonds. The van der Waals surface area contributed by atoms with Crippen LogP contribution in [-0.4, -0.2) is 48.7 Å². The van der Waals surface area contributed by atoms with Crippen molar-refractivity contribution in [3.05, 3.63) is 0 Å². The Hall–Kier alpha value is -0.160. The van der Waals surface area contributed by atoms with E-state index in [0.29, 0.717) is 13.2 Å². The van der Waals surface area contributed by atoms with Crippen molar-refractivity contribution in [1.82, 2.24) is 5.32 Å². The molecule has 14 heavy (non-hydrogen) atoms. The molecule has 3 N–H and O–H groups in total. The molecule has 0 aromatic heterocycles. The fraction of sp³-hybridized carbons (Fsp3) is 1.00. The summed E-state index contributed by atoms with van der Waals surface area (Å²) in [5.74, 6) is 0. The van der Waals surface area contributed by atoms with E-state index in [0.717, 1.165) is 13.0 Å². The Labute approximate surface area is 85.3 Å². The van der Waals surface area contributed by atoms with Crippen molar-refractivity contribution in [2.24, 2.45) is 5.41 Å². The Balaban J connectivity index is 2.25. The van der Waals surface area contributed by atoms with Crippen molar-refractivity contribution >= 4 is 0 Å². The predicted octanol–water partition coefficient (Wildman–Crippen LogP) is -0.256. The zero-order valence-corrected chi connectivity index (χ0v) is 8.99. The Kier molecular flexibility index (Phi) is 4.31. The zero-order valence-electron chi connectivity index (χ0n) is 8.99. The molecule has 1 fully saturated rings. The Morgan fingerprint density at radius 2 is 2.14 bits per heavy atom. The van der Waals surface area contributed by atoms with E-state index in [1.165, 1.54) is 0 Å². The lowest BCUT2D eigenvalue weighted by molar-refractivity contribution is 0.120. The van der Waals surface area contributed by atoms with Crippen LogP contribution in [0.5, 0.6) is 0 Å². The van der Waals surface area contributed by atoms with E-state index in [9.17, 15) is 5.11 Å². The van der Waals surface area contributed by atoms with Crippen LogP contribution in [0.2, 0.25) is 0 Å². The number of aliphatic hydroxyl groups is 2. The van der Waals surface area contributed by atoms with Crippen LogP contribution in [0.4, 0.5) is 0 Å². The highest BCUT2D eigenvalue weighted by atomic mass is 16.5. The molecule has 2 unspecified atom stereocenters. The van der Waals surface area contributed by atoms with Gasteiger partial charge in [0.05, 0.1) is 25.4 Å². The van der Waals surface area contributed by atoms with E-state index < -0.39 is 0 Å². The van der Waals surface area contributed by atoms with Crippen molar-refractivity contribution in [1.29, 1.82) is 0 Å². The van der Waals surface area contributed by atoms with E-state index in [1.807, 2.05) is 0 Å². The Morgan fingerprint density at radius 3 is 2.64 bits per heavy atom. The van der Waals surface area contributed by atoms with Gasteiger partial charge in [-0.05, 0) is 11.8 Å². The summed E-state index contributed by atoms with van der Waals surface area (Å²) < 4.78 is 5.13. The number of nitrogens with one attached hydrogen (secondary N) is 1. The molecule has 0 spiro atoms. The molecular formula is C10H21NO3. The lowest BCUT2D eigenvalue weighted by Gasteiger charge is -2.26. The molecule has 1 saturated heterocycles. The molecule has 84 valence electrons. The van der Waals surface area contributed by atoms with Gasteiger partial charge in [0.15, 0.2) is 0 Å². The summed E-state index contributed by atoms with van der Waals surface area (Å²) in [4.78, 5) is 0. The Morgan fingerprint density at radius 1 is 1.43 bits per heavy atom. The second kappa shape index (κ2) is 5.07. The van der Waals surface area contributed by atoms with Crippen LogP contribution in [-0.2, 0) is 4.74 Å². The van der Waals surface area contributed by atoms with Crippen molar-refractivity contribution in [2.45, 2.75) is 32.4 Å². The summed E-state index contributed by atoms with van der Waals surface area (Å²) in [6.45, 7) is 6.20. The molecule has 0 bridgehead atoms. The zero-order chi connectivity index (χ0) is 10.6. The van der Waals surface area contributed by atoms with Gasteiger partial charge in [0.1, 0.15) is 0 Å². The van der Waals surface area contributed by atoms with E-state index >= 15 is 0 Å². The number of ether oxygens (including phenoxy) is 1. The van der Waals surface area contributed by atoms with Gasteiger partial charge in [0, 0.05) is 13.2 Å². The van der Waals surface area contributed by atoms with Crippen LogP contribution in [0.15, 0.2) is 0 Å². The van der Waals surface area contributed by atoms with Gasteiger partial charge in [-0.25, -0.2) is 0 Å². The minimum absolute atomic E-state index is 0.0490. The maximum absolute atomic E-state index is 9.48. The quantitative estimate of drug-likeness (QED) is 0.576. The van der Waals surface area contributed by atoms with Crippen molar-refractivity contribution in [2.75, 3.05) is 26.4 Å². The first-order valence-corrected chi connectivity index (χ1v) is 5.15. The summed E-state index contributed by atoms with van der Waals surface area (Å²) in [7, 11) is 0. The largest absolute Gasteiger partial charge is 0.396 e. The Bertz CT molecular complexity index is 173. The molecule has 4 heteroatoms. The minimum atomic E-state index is -0.389.